The minimum Gasteiger partial charge on any atom is -0.338 e. The lowest BCUT2D eigenvalue weighted by Crippen LogP contribution is -2.40. The quantitative estimate of drug-likeness (QED) is 0.606. The van der Waals surface area contributed by atoms with E-state index in [2.05, 4.69) is 18.2 Å². The van der Waals surface area contributed by atoms with Crippen LogP contribution in [0.2, 0.25) is 0 Å². The molecule has 82 valence electrons. The van der Waals surface area contributed by atoms with Crippen molar-refractivity contribution in [1.29, 1.82) is 0 Å². The number of benzene rings is 1. The van der Waals surface area contributed by atoms with Crippen molar-refractivity contribution in [3.8, 4) is 0 Å². The highest BCUT2D eigenvalue weighted by Gasteiger charge is 2.29. The fourth-order valence-corrected chi connectivity index (χ4v) is 2.62. The van der Waals surface area contributed by atoms with Crippen LogP contribution in [0.1, 0.15) is 34.7 Å². The van der Waals surface area contributed by atoms with Gasteiger partial charge >= 0.3 is 0 Å². The lowest BCUT2D eigenvalue weighted by Gasteiger charge is -2.34. The second-order valence-electron chi connectivity index (χ2n) is 4.52. The Bertz CT molecular complexity index is 450. The highest BCUT2D eigenvalue weighted by Crippen LogP contribution is 2.30. The zero-order valence-electron chi connectivity index (χ0n) is 9.23. The summed E-state index contributed by atoms with van der Waals surface area (Å²) in [6, 6.07) is 8.01. The Labute approximate surface area is 95.6 Å². The van der Waals surface area contributed by atoms with E-state index in [4.69, 9.17) is 0 Å². The molecule has 3 rings (SSSR count). The molecule has 2 heteroatoms. The Hall–Kier alpha value is -1.57. The second kappa shape index (κ2) is 3.78. The minimum absolute atomic E-state index is 0.210. The van der Waals surface area contributed by atoms with Crippen molar-refractivity contribution in [1.82, 2.24) is 4.90 Å². The number of hydrogen-bond donors (Lipinski definition) is 0. The molecule has 1 aromatic rings. The molecular weight excluding hydrogens is 198 g/mol. The van der Waals surface area contributed by atoms with E-state index in [9.17, 15) is 4.79 Å². The van der Waals surface area contributed by atoms with E-state index in [1.165, 1.54) is 5.56 Å². The average molecular weight is 213 g/mol. The van der Waals surface area contributed by atoms with Gasteiger partial charge in [0, 0.05) is 24.6 Å². The monoisotopic (exact) mass is 213 g/mol. The number of fused-ring (bicyclic) bond motifs is 4. The molecule has 2 aliphatic rings. The highest BCUT2D eigenvalue weighted by molar-refractivity contribution is 5.97. The number of carbonyl (C=O) groups excluding carboxylic acids is 1. The molecule has 2 bridgehead atoms. The van der Waals surface area contributed by atoms with E-state index in [0.717, 1.165) is 31.5 Å². The van der Waals surface area contributed by atoms with E-state index < -0.39 is 0 Å². The van der Waals surface area contributed by atoms with Gasteiger partial charge in [-0.15, -0.1) is 0 Å². The van der Waals surface area contributed by atoms with E-state index in [1.54, 1.807) is 0 Å². The predicted octanol–water partition coefficient (Wildman–Crippen LogP) is 2.58. The summed E-state index contributed by atoms with van der Waals surface area (Å²) in [5, 5.41) is 0. The number of rotatable bonds is 0. The van der Waals surface area contributed by atoms with Crippen LogP contribution in [0.5, 0.6) is 0 Å². The SMILES string of the molecule is O=C1c2ccccc2C2/C=C\CCCN1C2. The molecule has 16 heavy (non-hydrogen) atoms. The zero-order chi connectivity index (χ0) is 11.0. The van der Waals surface area contributed by atoms with Gasteiger partial charge in [0.05, 0.1) is 0 Å². The lowest BCUT2D eigenvalue weighted by atomic mass is 9.88. The van der Waals surface area contributed by atoms with Crippen LogP contribution in [-0.2, 0) is 0 Å². The summed E-state index contributed by atoms with van der Waals surface area (Å²) in [7, 11) is 0. The maximum absolute atomic E-state index is 12.2. The summed E-state index contributed by atoms with van der Waals surface area (Å²) < 4.78 is 0. The van der Waals surface area contributed by atoms with Crippen molar-refractivity contribution in [3.05, 3.63) is 47.5 Å². The Kier molecular flexibility index (Phi) is 2.28. The van der Waals surface area contributed by atoms with E-state index in [-0.39, 0.29) is 5.91 Å². The Morgan fingerprint density at radius 1 is 1.25 bits per heavy atom. The van der Waals surface area contributed by atoms with Gasteiger partial charge in [-0.1, -0.05) is 30.4 Å². The Morgan fingerprint density at radius 3 is 3.06 bits per heavy atom. The molecule has 2 nitrogen and oxygen atoms in total. The number of carbonyl (C=O) groups is 1. The van der Waals surface area contributed by atoms with E-state index in [1.807, 2.05) is 23.1 Å². The van der Waals surface area contributed by atoms with Crippen LogP contribution in [-0.4, -0.2) is 23.9 Å². The molecule has 1 amide bonds. The Morgan fingerprint density at radius 2 is 2.12 bits per heavy atom. The van der Waals surface area contributed by atoms with Crippen molar-refractivity contribution < 1.29 is 4.79 Å². The van der Waals surface area contributed by atoms with Crippen LogP contribution in [0.15, 0.2) is 36.4 Å². The summed E-state index contributed by atoms with van der Waals surface area (Å²) in [5.74, 6) is 0.608. The summed E-state index contributed by atoms with van der Waals surface area (Å²) in [6.45, 7) is 1.75. The van der Waals surface area contributed by atoms with Gasteiger partial charge in [-0.25, -0.2) is 0 Å². The van der Waals surface area contributed by atoms with Crippen LogP contribution < -0.4 is 0 Å². The van der Waals surface area contributed by atoms with Gasteiger partial charge in [-0.2, -0.15) is 0 Å². The molecule has 0 saturated heterocycles. The molecule has 0 saturated carbocycles. The molecule has 0 radical (unpaired) electrons. The highest BCUT2D eigenvalue weighted by atomic mass is 16.2. The zero-order valence-corrected chi connectivity index (χ0v) is 9.23. The van der Waals surface area contributed by atoms with Crippen molar-refractivity contribution in [2.75, 3.05) is 13.1 Å². The molecule has 1 atom stereocenters. The van der Waals surface area contributed by atoms with Crippen LogP contribution in [0.4, 0.5) is 0 Å². The van der Waals surface area contributed by atoms with Crippen molar-refractivity contribution in [3.63, 3.8) is 0 Å². The first-order valence-electron chi connectivity index (χ1n) is 5.91. The molecular formula is C14H15NO. The van der Waals surface area contributed by atoms with E-state index >= 15 is 0 Å². The summed E-state index contributed by atoms with van der Waals surface area (Å²) >= 11 is 0. The lowest BCUT2D eigenvalue weighted by molar-refractivity contribution is 0.0727. The van der Waals surface area contributed by atoms with Gasteiger partial charge in [0.25, 0.3) is 5.91 Å². The maximum Gasteiger partial charge on any atom is 0.254 e. The van der Waals surface area contributed by atoms with E-state index in [0.29, 0.717) is 5.92 Å². The maximum atomic E-state index is 12.2. The fourth-order valence-electron chi connectivity index (χ4n) is 2.62. The Balaban J connectivity index is 2.11. The fraction of sp³-hybridized carbons (Fsp3) is 0.357. The predicted molar refractivity (Wildman–Crippen MR) is 63.5 cm³/mol. The molecule has 2 aliphatic heterocycles. The third kappa shape index (κ3) is 1.45. The average Bonchev–Trinajstić information content (AvgIpc) is 2.28. The van der Waals surface area contributed by atoms with Crippen molar-refractivity contribution >= 4 is 5.91 Å². The molecule has 2 heterocycles. The molecule has 0 aromatic heterocycles. The summed E-state index contributed by atoms with van der Waals surface area (Å²) in [5.41, 5.74) is 2.09. The molecule has 0 fully saturated rings. The van der Waals surface area contributed by atoms with Crippen LogP contribution >= 0.6 is 0 Å². The van der Waals surface area contributed by atoms with Crippen molar-refractivity contribution in [2.45, 2.75) is 18.8 Å². The van der Waals surface area contributed by atoms with Crippen LogP contribution in [0.25, 0.3) is 0 Å². The number of hydrogen-bond acceptors (Lipinski definition) is 1. The first-order valence-corrected chi connectivity index (χ1v) is 5.91. The van der Waals surface area contributed by atoms with Gasteiger partial charge < -0.3 is 4.90 Å². The third-order valence-corrected chi connectivity index (χ3v) is 3.46. The first kappa shape index (κ1) is 9.64. The molecule has 0 N–H and O–H groups in total. The van der Waals surface area contributed by atoms with Crippen LogP contribution in [0, 0.1) is 0 Å². The third-order valence-electron chi connectivity index (χ3n) is 3.46. The van der Waals surface area contributed by atoms with Crippen molar-refractivity contribution in [2.24, 2.45) is 0 Å². The normalized spacial score (nSPS) is 25.6. The largest absolute Gasteiger partial charge is 0.338 e. The topological polar surface area (TPSA) is 20.3 Å². The smallest absolute Gasteiger partial charge is 0.254 e. The summed E-state index contributed by atoms with van der Waals surface area (Å²) in [6.07, 6.45) is 6.69. The number of nitrogens with zero attached hydrogens (tertiary/aromatic N) is 1. The van der Waals surface area contributed by atoms with Gasteiger partial charge in [0.15, 0.2) is 0 Å². The molecule has 0 spiro atoms. The van der Waals surface area contributed by atoms with Gasteiger partial charge in [-0.3, -0.25) is 4.79 Å². The molecule has 1 unspecified atom stereocenters. The van der Waals surface area contributed by atoms with Gasteiger partial charge in [-0.05, 0) is 24.5 Å². The van der Waals surface area contributed by atoms with Gasteiger partial charge in [0.1, 0.15) is 0 Å². The van der Waals surface area contributed by atoms with Crippen LogP contribution in [0.3, 0.4) is 0 Å². The number of amides is 1. The molecule has 0 aliphatic carbocycles. The molecule has 1 aromatic carbocycles. The summed E-state index contributed by atoms with van der Waals surface area (Å²) in [4.78, 5) is 14.2. The minimum atomic E-state index is 0.210. The number of allylic oxidation sites excluding steroid dienone is 1. The second-order valence-corrected chi connectivity index (χ2v) is 4.52. The van der Waals surface area contributed by atoms with Gasteiger partial charge in [0.2, 0.25) is 0 Å². The standard InChI is InChI=1S/C14H15NO/c16-14-13-8-4-3-7-12(13)11-6-2-1-5-9-15(14)10-11/h2-4,6-8,11H,1,5,9-10H2/b6-2-. The first-order chi connectivity index (χ1) is 7.86.